The van der Waals surface area contributed by atoms with Gasteiger partial charge in [0.1, 0.15) is 11.5 Å². The number of furan rings is 1. The van der Waals surface area contributed by atoms with Crippen molar-refractivity contribution in [3.8, 4) is 0 Å². The summed E-state index contributed by atoms with van der Waals surface area (Å²) in [5, 5.41) is 2.96. The molecule has 0 amide bonds. The lowest BCUT2D eigenvalue weighted by molar-refractivity contribution is 0.464. The van der Waals surface area contributed by atoms with Crippen LogP contribution in [0.2, 0.25) is 0 Å². The predicted octanol–water partition coefficient (Wildman–Crippen LogP) is 0.594. The minimum atomic E-state index is 0.486. The van der Waals surface area contributed by atoms with Crippen LogP contribution in [0.5, 0.6) is 0 Å². The van der Waals surface area contributed by atoms with Crippen molar-refractivity contribution >= 4 is 0 Å². The summed E-state index contributed by atoms with van der Waals surface area (Å²) in [7, 11) is 0. The van der Waals surface area contributed by atoms with E-state index >= 15 is 0 Å². The highest BCUT2D eigenvalue weighted by Crippen LogP contribution is 2.04. The van der Waals surface area contributed by atoms with E-state index in [1.807, 2.05) is 19.1 Å². The van der Waals surface area contributed by atoms with Gasteiger partial charge in [0.2, 0.25) is 0 Å². The summed E-state index contributed by atoms with van der Waals surface area (Å²) in [6.07, 6.45) is 0. The Labute approximate surface area is 60.2 Å². The Hall–Kier alpha value is -0.800. The van der Waals surface area contributed by atoms with E-state index in [1.54, 1.807) is 0 Å². The van der Waals surface area contributed by atoms with Gasteiger partial charge in [-0.15, -0.1) is 0 Å². The molecule has 1 aromatic heterocycles. The first-order chi connectivity index (χ1) is 4.83. The van der Waals surface area contributed by atoms with Crippen molar-refractivity contribution in [1.29, 1.82) is 0 Å². The highest BCUT2D eigenvalue weighted by atomic mass is 16.3. The average Bonchev–Trinajstić information content (AvgIpc) is 2.31. The third kappa shape index (κ3) is 1.86. The molecule has 0 unspecified atom stereocenters. The standard InChI is InChI=1S/C7H12N2O/c1-6-2-3-7(10-6)4-9-5-8/h2-3,9H,4-5,8H2,1H3. The second-order valence-corrected chi connectivity index (χ2v) is 2.14. The fraction of sp³-hybridized carbons (Fsp3) is 0.429. The number of rotatable bonds is 3. The lowest BCUT2D eigenvalue weighted by Crippen LogP contribution is -2.21. The molecule has 0 aliphatic carbocycles. The molecule has 3 heteroatoms. The third-order valence-electron chi connectivity index (χ3n) is 1.24. The van der Waals surface area contributed by atoms with E-state index in [-0.39, 0.29) is 0 Å². The third-order valence-corrected chi connectivity index (χ3v) is 1.24. The van der Waals surface area contributed by atoms with Gasteiger partial charge in [0.05, 0.1) is 6.54 Å². The van der Waals surface area contributed by atoms with E-state index in [1.165, 1.54) is 0 Å². The molecule has 0 spiro atoms. The van der Waals surface area contributed by atoms with E-state index in [0.29, 0.717) is 13.2 Å². The minimum Gasteiger partial charge on any atom is -0.465 e. The molecule has 3 nitrogen and oxygen atoms in total. The van der Waals surface area contributed by atoms with E-state index in [0.717, 1.165) is 11.5 Å². The first kappa shape index (κ1) is 7.31. The van der Waals surface area contributed by atoms with Crippen molar-refractivity contribution in [2.45, 2.75) is 13.5 Å². The number of aryl methyl sites for hydroxylation is 1. The summed E-state index contributed by atoms with van der Waals surface area (Å²) in [5.41, 5.74) is 5.23. The van der Waals surface area contributed by atoms with E-state index in [4.69, 9.17) is 10.2 Å². The molecule has 10 heavy (non-hydrogen) atoms. The molecule has 1 rings (SSSR count). The first-order valence-corrected chi connectivity index (χ1v) is 3.29. The quantitative estimate of drug-likeness (QED) is 0.604. The smallest absolute Gasteiger partial charge is 0.117 e. The van der Waals surface area contributed by atoms with Gasteiger partial charge in [-0.05, 0) is 19.1 Å². The summed E-state index contributed by atoms with van der Waals surface area (Å²) in [6.45, 7) is 3.12. The molecule has 1 aromatic rings. The zero-order valence-corrected chi connectivity index (χ0v) is 6.05. The summed E-state index contributed by atoms with van der Waals surface area (Å²) >= 11 is 0. The summed E-state index contributed by atoms with van der Waals surface area (Å²) in [5.74, 6) is 1.87. The molecule has 3 N–H and O–H groups in total. The molecular weight excluding hydrogens is 128 g/mol. The van der Waals surface area contributed by atoms with Crippen LogP contribution in [0.25, 0.3) is 0 Å². The second kappa shape index (κ2) is 3.39. The molecule has 0 fully saturated rings. The summed E-state index contributed by atoms with van der Waals surface area (Å²) in [4.78, 5) is 0. The molecule has 0 aromatic carbocycles. The topological polar surface area (TPSA) is 51.2 Å². The first-order valence-electron chi connectivity index (χ1n) is 3.29. The van der Waals surface area contributed by atoms with Gasteiger partial charge < -0.3 is 10.2 Å². The maximum atomic E-state index is 5.27. The molecule has 1 heterocycles. The fourth-order valence-corrected chi connectivity index (χ4v) is 0.776. The maximum absolute atomic E-state index is 5.27. The zero-order chi connectivity index (χ0) is 7.40. The normalized spacial score (nSPS) is 10.2. The van der Waals surface area contributed by atoms with Crippen LogP contribution in [-0.2, 0) is 6.54 Å². The van der Waals surface area contributed by atoms with Crippen molar-refractivity contribution < 1.29 is 4.42 Å². The van der Waals surface area contributed by atoms with Crippen LogP contribution in [-0.4, -0.2) is 6.67 Å². The monoisotopic (exact) mass is 140 g/mol. The van der Waals surface area contributed by atoms with Crippen LogP contribution in [0.4, 0.5) is 0 Å². The largest absolute Gasteiger partial charge is 0.465 e. The lowest BCUT2D eigenvalue weighted by atomic mass is 10.4. The number of nitrogens with two attached hydrogens (primary N) is 1. The van der Waals surface area contributed by atoms with Crippen LogP contribution < -0.4 is 11.1 Å². The van der Waals surface area contributed by atoms with Crippen LogP contribution >= 0.6 is 0 Å². The van der Waals surface area contributed by atoms with Crippen LogP contribution in [0.3, 0.4) is 0 Å². The molecule has 0 radical (unpaired) electrons. The Morgan fingerprint density at radius 3 is 2.90 bits per heavy atom. The highest BCUT2D eigenvalue weighted by Gasteiger charge is 1.94. The minimum absolute atomic E-state index is 0.486. The van der Waals surface area contributed by atoms with Crippen molar-refractivity contribution in [3.63, 3.8) is 0 Å². The van der Waals surface area contributed by atoms with E-state index in [9.17, 15) is 0 Å². The van der Waals surface area contributed by atoms with Gasteiger partial charge in [0.25, 0.3) is 0 Å². The number of nitrogens with one attached hydrogen (secondary N) is 1. The maximum Gasteiger partial charge on any atom is 0.117 e. The van der Waals surface area contributed by atoms with Crippen LogP contribution in [0, 0.1) is 6.92 Å². The molecule has 0 aliphatic heterocycles. The number of hydrogen-bond donors (Lipinski definition) is 2. The van der Waals surface area contributed by atoms with Gasteiger partial charge >= 0.3 is 0 Å². The molecule has 0 aliphatic rings. The second-order valence-electron chi connectivity index (χ2n) is 2.14. The highest BCUT2D eigenvalue weighted by molar-refractivity contribution is 5.04. The van der Waals surface area contributed by atoms with Crippen molar-refractivity contribution in [2.75, 3.05) is 6.67 Å². The van der Waals surface area contributed by atoms with Crippen molar-refractivity contribution in [2.24, 2.45) is 5.73 Å². The van der Waals surface area contributed by atoms with Crippen molar-refractivity contribution in [3.05, 3.63) is 23.7 Å². The Balaban J connectivity index is 2.42. The molecule has 56 valence electrons. The van der Waals surface area contributed by atoms with E-state index < -0.39 is 0 Å². The Kier molecular flexibility index (Phi) is 2.48. The zero-order valence-electron chi connectivity index (χ0n) is 6.05. The molecule has 0 atom stereocenters. The SMILES string of the molecule is Cc1ccc(CNCN)o1. The van der Waals surface area contributed by atoms with Gasteiger partial charge in [-0.25, -0.2) is 0 Å². The predicted molar refractivity (Wildman–Crippen MR) is 39.3 cm³/mol. The van der Waals surface area contributed by atoms with Gasteiger partial charge in [-0.3, -0.25) is 5.32 Å². The van der Waals surface area contributed by atoms with Crippen molar-refractivity contribution in [1.82, 2.24) is 5.32 Å². The van der Waals surface area contributed by atoms with Gasteiger partial charge in [0, 0.05) is 6.67 Å². The van der Waals surface area contributed by atoms with Gasteiger partial charge in [0.15, 0.2) is 0 Å². The Bertz CT molecular complexity index is 195. The molecule has 0 saturated heterocycles. The molecular formula is C7H12N2O. The fourth-order valence-electron chi connectivity index (χ4n) is 0.776. The van der Waals surface area contributed by atoms with E-state index in [2.05, 4.69) is 5.32 Å². The number of hydrogen-bond acceptors (Lipinski definition) is 3. The van der Waals surface area contributed by atoms with Gasteiger partial charge in [-0.2, -0.15) is 0 Å². The molecule has 0 bridgehead atoms. The Morgan fingerprint density at radius 1 is 1.60 bits per heavy atom. The summed E-state index contributed by atoms with van der Waals surface area (Å²) < 4.78 is 5.27. The summed E-state index contributed by atoms with van der Waals surface area (Å²) in [6, 6.07) is 3.88. The lowest BCUT2D eigenvalue weighted by Gasteiger charge is -1.95. The van der Waals surface area contributed by atoms with Crippen LogP contribution in [0.15, 0.2) is 16.5 Å². The van der Waals surface area contributed by atoms with Crippen LogP contribution in [0.1, 0.15) is 11.5 Å². The van der Waals surface area contributed by atoms with Gasteiger partial charge in [-0.1, -0.05) is 0 Å². The Morgan fingerprint density at radius 2 is 2.40 bits per heavy atom. The molecule has 0 saturated carbocycles. The average molecular weight is 140 g/mol.